The zero-order chi connectivity index (χ0) is 12.1. The Kier molecular flexibility index (Phi) is 4.28. The number of hydrogen-bond donors (Lipinski definition) is 1. The van der Waals surface area contributed by atoms with Gasteiger partial charge in [0.2, 0.25) is 0 Å². The Hall–Kier alpha value is -1.20. The number of nitrogens with zero attached hydrogens (tertiary/aromatic N) is 2. The molecule has 1 aliphatic rings. The van der Waals surface area contributed by atoms with Crippen LogP contribution in [0.4, 0.5) is 0 Å². The minimum absolute atomic E-state index is 0.112. The van der Waals surface area contributed by atoms with Crippen molar-refractivity contribution in [1.82, 2.24) is 14.9 Å². The lowest BCUT2D eigenvalue weighted by Crippen LogP contribution is -2.43. The number of morpholine rings is 1. The molecule has 2 rings (SSSR count). The standard InChI is InChI=1S/C12H19N3O2/c1-2-5-15-6-3-14-12(15)8-10(16)11-9-13-4-7-17-11/h3,6,11,13H,2,4-5,7-9H2,1H3. The molecule has 5 nitrogen and oxygen atoms in total. The molecule has 0 bridgehead atoms. The predicted molar refractivity (Wildman–Crippen MR) is 63.8 cm³/mol. The van der Waals surface area contributed by atoms with E-state index in [9.17, 15) is 4.79 Å². The van der Waals surface area contributed by atoms with Gasteiger partial charge in [-0.2, -0.15) is 0 Å². The van der Waals surface area contributed by atoms with Gasteiger partial charge in [-0.15, -0.1) is 0 Å². The molecule has 1 N–H and O–H groups in total. The van der Waals surface area contributed by atoms with E-state index >= 15 is 0 Å². The maximum atomic E-state index is 12.0. The highest BCUT2D eigenvalue weighted by atomic mass is 16.5. The van der Waals surface area contributed by atoms with Crippen LogP contribution in [-0.4, -0.2) is 41.1 Å². The second-order valence-corrected chi connectivity index (χ2v) is 4.24. The summed E-state index contributed by atoms with van der Waals surface area (Å²) < 4.78 is 7.48. The van der Waals surface area contributed by atoms with Gasteiger partial charge in [-0.1, -0.05) is 6.92 Å². The van der Waals surface area contributed by atoms with Crippen molar-refractivity contribution in [2.45, 2.75) is 32.4 Å². The van der Waals surface area contributed by atoms with Crippen molar-refractivity contribution in [3.05, 3.63) is 18.2 Å². The van der Waals surface area contributed by atoms with Crippen LogP contribution in [-0.2, 0) is 22.5 Å². The Morgan fingerprint density at radius 2 is 2.59 bits per heavy atom. The van der Waals surface area contributed by atoms with E-state index in [4.69, 9.17) is 4.74 Å². The van der Waals surface area contributed by atoms with Crippen LogP contribution < -0.4 is 5.32 Å². The fourth-order valence-corrected chi connectivity index (χ4v) is 1.99. The number of Topliss-reactive ketones (excluding diaryl/α,β-unsaturated/α-hetero) is 1. The molecular formula is C12H19N3O2. The van der Waals surface area contributed by atoms with Crippen molar-refractivity contribution >= 4 is 5.78 Å². The van der Waals surface area contributed by atoms with Crippen molar-refractivity contribution in [3.63, 3.8) is 0 Å². The SMILES string of the molecule is CCCn1ccnc1CC(=O)C1CNCCO1. The minimum atomic E-state index is -0.310. The van der Waals surface area contributed by atoms with E-state index in [-0.39, 0.29) is 11.9 Å². The van der Waals surface area contributed by atoms with Gasteiger partial charge < -0.3 is 14.6 Å². The first-order valence-corrected chi connectivity index (χ1v) is 6.16. The third-order valence-corrected chi connectivity index (χ3v) is 2.89. The van der Waals surface area contributed by atoms with E-state index in [1.54, 1.807) is 6.20 Å². The maximum Gasteiger partial charge on any atom is 0.170 e. The molecule has 1 aromatic rings. The number of aromatic nitrogens is 2. The maximum absolute atomic E-state index is 12.0. The van der Waals surface area contributed by atoms with Crippen LogP contribution in [0, 0.1) is 0 Å². The average molecular weight is 237 g/mol. The van der Waals surface area contributed by atoms with E-state index < -0.39 is 0 Å². The first-order valence-electron chi connectivity index (χ1n) is 6.16. The third-order valence-electron chi connectivity index (χ3n) is 2.89. The minimum Gasteiger partial charge on any atom is -0.368 e. The molecule has 17 heavy (non-hydrogen) atoms. The molecule has 1 aliphatic heterocycles. The zero-order valence-corrected chi connectivity index (χ0v) is 10.2. The summed E-state index contributed by atoms with van der Waals surface area (Å²) in [4.78, 5) is 16.2. The van der Waals surface area contributed by atoms with Crippen LogP contribution in [0.2, 0.25) is 0 Å². The van der Waals surface area contributed by atoms with Gasteiger partial charge in [0.25, 0.3) is 0 Å². The molecule has 0 radical (unpaired) electrons. The first-order chi connectivity index (χ1) is 8.31. The molecule has 2 heterocycles. The van der Waals surface area contributed by atoms with Gasteiger partial charge >= 0.3 is 0 Å². The number of carbonyl (C=O) groups excluding carboxylic acids is 1. The molecule has 1 fully saturated rings. The molecule has 5 heteroatoms. The smallest absolute Gasteiger partial charge is 0.170 e. The summed E-state index contributed by atoms with van der Waals surface area (Å²) in [5.74, 6) is 0.951. The number of rotatable bonds is 5. The van der Waals surface area contributed by atoms with Crippen molar-refractivity contribution in [2.24, 2.45) is 0 Å². The number of ketones is 1. The molecule has 1 saturated heterocycles. The highest BCUT2D eigenvalue weighted by Gasteiger charge is 2.22. The molecule has 1 aromatic heterocycles. The summed E-state index contributed by atoms with van der Waals surface area (Å²) in [5, 5.41) is 3.16. The highest BCUT2D eigenvalue weighted by Crippen LogP contribution is 2.05. The molecule has 1 unspecified atom stereocenters. The first kappa shape index (κ1) is 12.3. The summed E-state index contributed by atoms with van der Waals surface area (Å²) in [6, 6.07) is 0. The van der Waals surface area contributed by atoms with E-state index in [1.807, 2.05) is 10.8 Å². The number of hydrogen-bond acceptors (Lipinski definition) is 4. The van der Waals surface area contributed by atoms with Gasteiger partial charge in [0, 0.05) is 32.0 Å². The van der Waals surface area contributed by atoms with Gasteiger partial charge in [-0.05, 0) is 6.42 Å². The molecule has 0 amide bonds. The Balaban J connectivity index is 1.94. The van der Waals surface area contributed by atoms with E-state index in [0.29, 0.717) is 19.6 Å². The van der Waals surface area contributed by atoms with E-state index in [2.05, 4.69) is 17.2 Å². The van der Waals surface area contributed by atoms with Gasteiger partial charge in [0.15, 0.2) is 5.78 Å². The highest BCUT2D eigenvalue weighted by molar-refractivity contribution is 5.85. The summed E-state index contributed by atoms with van der Waals surface area (Å²) in [5.41, 5.74) is 0. The van der Waals surface area contributed by atoms with Gasteiger partial charge in [0.1, 0.15) is 11.9 Å². The van der Waals surface area contributed by atoms with Crippen LogP contribution in [0.1, 0.15) is 19.2 Å². The Morgan fingerprint density at radius 1 is 1.71 bits per heavy atom. The summed E-state index contributed by atoms with van der Waals surface area (Å²) >= 11 is 0. The lowest BCUT2D eigenvalue weighted by Gasteiger charge is -2.22. The lowest BCUT2D eigenvalue weighted by atomic mass is 10.1. The average Bonchev–Trinajstić information content (AvgIpc) is 2.78. The van der Waals surface area contributed by atoms with Crippen LogP contribution in [0.15, 0.2) is 12.4 Å². The Labute approximate surface area is 101 Å². The van der Waals surface area contributed by atoms with Crippen LogP contribution >= 0.6 is 0 Å². The molecule has 0 saturated carbocycles. The normalized spacial score (nSPS) is 20.4. The molecular weight excluding hydrogens is 218 g/mol. The van der Waals surface area contributed by atoms with Gasteiger partial charge in [0.05, 0.1) is 13.0 Å². The van der Waals surface area contributed by atoms with Crippen molar-refractivity contribution in [2.75, 3.05) is 19.7 Å². The predicted octanol–water partition coefficient (Wildman–Crippen LogP) is 0.393. The number of carbonyl (C=O) groups is 1. The van der Waals surface area contributed by atoms with Crippen LogP contribution in [0.3, 0.4) is 0 Å². The van der Waals surface area contributed by atoms with Crippen molar-refractivity contribution in [3.8, 4) is 0 Å². The summed E-state index contributed by atoms with van der Waals surface area (Å²) in [6.45, 7) is 5.08. The molecule has 1 atom stereocenters. The van der Waals surface area contributed by atoms with Gasteiger partial charge in [-0.25, -0.2) is 4.98 Å². The second-order valence-electron chi connectivity index (χ2n) is 4.24. The molecule has 0 aliphatic carbocycles. The largest absolute Gasteiger partial charge is 0.368 e. The summed E-state index contributed by atoms with van der Waals surface area (Å²) in [6.07, 6.45) is 4.76. The Bertz CT molecular complexity index is 370. The monoisotopic (exact) mass is 237 g/mol. The molecule has 0 aromatic carbocycles. The van der Waals surface area contributed by atoms with Crippen LogP contribution in [0.25, 0.3) is 0 Å². The number of imidazole rings is 1. The van der Waals surface area contributed by atoms with E-state index in [0.717, 1.165) is 25.3 Å². The fraction of sp³-hybridized carbons (Fsp3) is 0.667. The van der Waals surface area contributed by atoms with Gasteiger partial charge in [-0.3, -0.25) is 4.79 Å². The fourth-order valence-electron chi connectivity index (χ4n) is 1.99. The van der Waals surface area contributed by atoms with Crippen molar-refractivity contribution in [1.29, 1.82) is 0 Å². The number of nitrogens with one attached hydrogen (secondary N) is 1. The van der Waals surface area contributed by atoms with E-state index in [1.165, 1.54) is 0 Å². The quantitative estimate of drug-likeness (QED) is 0.805. The lowest BCUT2D eigenvalue weighted by molar-refractivity contribution is -0.131. The van der Waals surface area contributed by atoms with Crippen LogP contribution in [0.5, 0.6) is 0 Å². The topological polar surface area (TPSA) is 56.2 Å². The molecule has 94 valence electrons. The third kappa shape index (κ3) is 3.14. The number of aryl methyl sites for hydroxylation is 1. The zero-order valence-electron chi connectivity index (χ0n) is 10.2. The second kappa shape index (κ2) is 5.93. The number of ether oxygens (including phenoxy) is 1. The molecule has 0 spiro atoms. The van der Waals surface area contributed by atoms with Crippen molar-refractivity contribution < 1.29 is 9.53 Å². The summed E-state index contributed by atoms with van der Waals surface area (Å²) in [7, 11) is 0. The Morgan fingerprint density at radius 3 is 3.29 bits per heavy atom.